The van der Waals surface area contributed by atoms with Gasteiger partial charge in [0.25, 0.3) is 0 Å². The lowest BCUT2D eigenvalue weighted by molar-refractivity contribution is 0.898. The van der Waals surface area contributed by atoms with Crippen molar-refractivity contribution in [2.45, 2.75) is 33.1 Å². The van der Waals surface area contributed by atoms with E-state index in [1.165, 1.54) is 47.0 Å². The highest BCUT2D eigenvalue weighted by molar-refractivity contribution is 5.88. The Bertz CT molecular complexity index is 505. The van der Waals surface area contributed by atoms with Gasteiger partial charge >= 0.3 is 0 Å². The number of rotatable bonds is 0. The molecule has 0 radical (unpaired) electrons. The van der Waals surface area contributed by atoms with Crippen molar-refractivity contribution in [2.75, 3.05) is 0 Å². The fraction of sp³-hybridized carbons (Fsp3) is 0.385. The van der Waals surface area contributed by atoms with Crippen molar-refractivity contribution in [1.29, 1.82) is 0 Å². The van der Waals surface area contributed by atoms with Gasteiger partial charge in [0.1, 0.15) is 0 Å². The van der Waals surface area contributed by atoms with Gasteiger partial charge in [-0.3, -0.25) is 0 Å². The first-order valence-electron chi connectivity index (χ1n) is 5.37. The first kappa shape index (κ1) is 8.10. The molecule has 1 nitrogen and oxygen atoms in total. The molecular formula is C13H15N. The highest BCUT2D eigenvalue weighted by atomic mass is 14.7. The van der Waals surface area contributed by atoms with E-state index in [0.717, 1.165) is 0 Å². The molecule has 1 aromatic heterocycles. The van der Waals surface area contributed by atoms with Crippen LogP contribution in [0.25, 0.3) is 10.9 Å². The van der Waals surface area contributed by atoms with E-state index in [0.29, 0.717) is 0 Å². The van der Waals surface area contributed by atoms with Gasteiger partial charge in [-0.25, -0.2) is 0 Å². The minimum Gasteiger partial charge on any atom is -0.358 e. The van der Waals surface area contributed by atoms with Crippen LogP contribution in [0.15, 0.2) is 12.1 Å². The van der Waals surface area contributed by atoms with Gasteiger partial charge in [0.2, 0.25) is 0 Å². The minimum absolute atomic E-state index is 1.24. The topological polar surface area (TPSA) is 15.8 Å². The van der Waals surface area contributed by atoms with E-state index in [1.54, 1.807) is 5.56 Å². The second kappa shape index (κ2) is 2.63. The van der Waals surface area contributed by atoms with E-state index >= 15 is 0 Å². The van der Waals surface area contributed by atoms with Crippen molar-refractivity contribution < 1.29 is 0 Å². The van der Waals surface area contributed by atoms with Crippen LogP contribution in [0.4, 0.5) is 0 Å². The predicted molar refractivity (Wildman–Crippen MR) is 59.8 cm³/mol. The molecule has 3 rings (SSSR count). The zero-order valence-electron chi connectivity index (χ0n) is 8.78. The third-order valence-corrected chi connectivity index (χ3v) is 3.55. The average molecular weight is 185 g/mol. The number of hydrogen-bond acceptors (Lipinski definition) is 0. The summed E-state index contributed by atoms with van der Waals surface area (Å²) in [5, 5.41) is 1.46. The average Bonchev–Trinajstić information content (AvgIpc) is 2.71. The molecule has 1 heterocycles. The van der Waals surface area contributed by atoms with E-state index in [1.807, 2.05) is 0 Å². The Morgan fingerprint density at radius 2 is 2.00 bits per heavy atom. The predicted octanol–water partition coefficient (Wildman–Crippen LogP) is 3.27. The Labute approximate surface area is 84.1 Å². The molecular weight excluding hydrogens is 170 g/mol. The van der Waals surface area contributed by atoms with Crippen molar-refractivity contribution in [3.8, 4) is 0 Å². The highest BCUT2D eigenvalue weighted by Crippen LogP contribution is 2.32. The summed E-state index contributed by atoms with van der Waals surface area (Å²) >= 11 is 0. The molecule has 0 aliphatic heterocycles. The van der Waals surface area contributed by atoms with Crippen LogP contribution >= 0.6 is 0 Å². The first-order chi connectivity index (χ1) is 6.77. The maximum Gasteiger partial charge on any atom is 0.0491 e. The molecule has 14 heavy (non-hydrogen) atoms. The molecule has 2 aromatic rings. The molecule has 0 amide bonds. The number of aromatic nitrogens is 1. The lowest BCUT2D eigenvalue weighted by Gasteiger charge is -2.01. The number of benzene rings is 1. The monoisotopic (exact) mass is 185 g/mol. The smallest absolute Gasteiger partial charge is 0.0491 e. The molecule has 1 heteroatoms. The maximum absolute atomic E-state index is 3.59. The lowest BCUT2D eigenvalue weighted by Crippen LogP contribution is -1.84. The van der Waals surface area contributed by atoms with Gasteiger partial charge in [0, 0.05) is 16.6 Å². The molecule has 0 spiro atoms. The summed E-state index contributed by atoms with van der Waals surface area (Å²) in [7, 11) is 0. The molecule has 1 aliphatic carbocycles. The summed E-state index contributed by atoms with van der Waals surface area (Å²) < 4.78 is 0. The number of fused-ring (bicyclic) bond motifs is 3. The van der Waals surface area contributed by atoms with Crippen LogP contribution in [0.5, 0.6) is 0 Å². The van der Waals surface area contributed by atoms with Crippen molar-refractivity contribution in [1.82, 2.24) is 4.98 Å². The van der Waals surface area contributed by atoms with Crippen LogP contribution in [-0.4, -0.2) is 4.98 Å². The van der Waals surface area contributed by atoms with E-state index in [-0.39, 0.29) is 0 Å². The normalized spacial score (nSPS) is 15.0. The Morgan fingerprint density at radius 3 is 2.86 bits per heavy atom. The fourth-order valence-corrected chi connectivity index (χ4v) is 2.56. The Kier molecular flexibility index (Phi) is 1.52. The molecule has 0 saturated carbocycles. The summed E-state index contributed by atoms with van der Waals surface area (Å²) in [6.07, 6.45) is 3.82. The standard InChI is InChI=1S/C13H15N/c1-8-6-7-11-10-4-3-5-12(10)14-13(11)9(8)2/h6-7,14H,3-5H2,1-2H3. The summed E-state index contributed by atoms with van der Waals surface area (Å²) in [6, 6.07) is 4.52. The number of hydrogen-bond donors (Lipinski definition) is 1. The van der Waals surface area contributed by atoms with Gasteiger partial charge in [-0.1, -0.05) is 12.1 Å². The zero-order valence-corrected chi connectivity index (χ0v) is 8.78. The molecule has 1 aliphatic rings. The van der Waals surface area contributed by atoms with Gasteiger partial charge in [-0.2, -0.15) is 0 Å². The van der Waals surface area contributed by atoms with Gasteiger partial charge in [0.05, 0.1) is 0 Å². The third-order valence-electron chi connectivity index (χ3n) is 3.55. The van der Waals surface area contributed by atoms with Crippen molar-refractivity contribution in [3.05, 3.63) is 34.5 Å². The van der Waals surface area contributed by atoms with Crippen molar-refractivity contribution in [2.24, 2.45) is 0 Å². The van der Waals surface area contributed by atoms with Gasteiger partial charge in [0.15, 0.2) is 0 Å². The van der Waals surface area contributed by atoms with E-state index in [2.05, 4.69) is 31.0 Å². The van der Waals surface area contributed by atoms with E-state index in [9.17, 15) is 0 Å². The zero-order chi connectivity index (χ0) is 9.71. The molecule has 1 N–H and O–H groups in total. The van der Waals surface area contributed by atoms with Crippen LogP contribution in [0.2, 0.25) is 0 Å². The summed E-state index contributed by atoms with van der Waals surface area (Å²) in [5.41, 5.74) is 7.22. The number of aryl methyl sites for hydroxylation is 4. The number of aromatic amines is 1. The lowest BCUT2D eigenvalue weighted by atomic mass is 10.0. The van der Waals surface area contributed by atoms with Crippen LogP contribution in [0.1, 0.15) is 28.8 Å². The second-order valence-corrected chi connectivity index (χ2v) is 4.37. The molecule has 0 bridgehead atoms. The molecule has 72 valence electrons. The van der Waals surface area contributed by atoms with Crippen LogP contribution in [0.3, 0.4) is 0 Å². The Morgan fingerprint density at radius 1 is 1.14 bits per heavy atom. The largest absolute Gasteiger partial charge is 0.358 e. The quantitative estimate of drug-likeness (QED) is 0.648. The third kappa shape index (κ3) is 0.899. The van der Waals surface area contributed by atoms with Crippen molar-refractivity contribution >= 4 is 10.9 Å². The summed E-state index contributed by atoms with van der Waals surface area (Å²) in [5.74, 6) is 0. The Hall–Kier alpha value is -1.24. The van der Waals surface area contributed by atoms with Gasteiger partial charge < -0.3 is 4.98 Å². The number of nitrogens with one attached hydrogen (secondary N) is 1. The Balaban J connectivity index is 2.43. The molecule has 0 atom stereocenters. The summed E-state index contributed by atoms with van der Waals surface area (Å²) in [6.45, 7) is 4.39. The summed E-state index contributed by atoms with van der Waals surface area (Å²) in [4.78, 5) is 3.59. The van der Waals surface area contributed by atoms with Crippen LogP contribution in [0, 0.1) is 13.8 Å². The van der Waals surface area contributed by atoms with E-state index in [4.69, 9.17) is 0 Å². The first-order valence-corrected chi connectivity index (χ1v) is 5.37. The molecule has 1 aromatic carbocycles. The van der Waals surface area contributed by atoms with Gasteiger partial charge in [-0.05, 0) is 49.8 Å². The number of H-pyrrole nitrogens is 1. The molecule has 0 fully saturated rings. The van der Waals surface area contributed by atoms with Crippen LogP contribution in [-0.2, 0) is 12.8 Å². The maximum atomic E-state index is 3.59. The molecule has 0 saturated heterocycles. The van der Waals surface area contributed by atoms with Crippen molar-refractivity contribution in [3.63, 3.8) is 0 Å². The molecule has 0 unspecified atom stereocenters. The van der Waals surface area contributed by atoms with Gasteiger partial charge in [-0.15, -0.1) is 0 Å². The SMILES string of the molecule is Cc1ccc2c3c([nH]c2c1C)CCC3. The highest BCUT2D eigenvalue weighted by Gasteiger charge is 2.17. The minimum atomic E-state index is 1.24. The van der Waals surface area contributed by atoms with Crippen LogP contribution < -0.4 is 0 Å². The van der Waals surface area contributed by atoms with E-state index < -0.39 is 0 Å². The fourth-order valence-electron chi connectivity index (χ4n) is 2.56. The second-order valence-electron chi connectivity index (χ2n) is 4.37.